The lowest BCUT2D eigenvalue weighted by Crippen LogP contribution is -2.45. The maximum absolute atomic E-state index is 12.8. The Morgan fingerprint density at radius 3 is 2.55 bits per heavy atom. The molecule has 0 bridgehead atoms. The molecular formula is C18H19F3N4O3S. The molecule has 2 aliphatic rings. The Morgan fingerprint density at radius 2 is 1.97 bits per heavy atom. The Hall–Kier alpha value is -2.53. The summed E-state index contributed by atoms with van der Waals surface area (Å²) in [6, 6.07) is 4.26. The first kappa shape index (κ1) is 21.2. The molecule has 2 aliphatic heterocycles. The van der Waals surface area contributed by atoms with Gasteiger partial charge in [-0.05, 0) is 23.8 Å². The molecule has 4 rings (SSSR count). The highest BCUT2D eigenvalue weighted by atomic mass is 32.1. The van der Waals surface area contributed by atoms with Crippen LogP contribution in [-0.4, -0.2) is 57.7 Å². The molecular weight excluding hydrogens is 409 g/mol. The zero-order valence-electron chi connectivity index (χ0n) is 15.2. The lowest BCUT2D eigenvalue weighted by molar-refractivity contribution is -0.192. The molecule has 2 fully saturated rings. The van der Waals surface area contributed by atoms with E-state index >= 15 is 0 Å². The van der Waals surface area contributed by atoms with Crippen molar-refractivity contribution in [1.29, 1.82) is 0 Å². The number of rotatable bonds is 3. The Balaban J connectivity index is 0.000000298. The number of nitrogens with zero attached hydrogens (tertiary/aromatic N) is 4. The zero-order chi connectivity index (χ0) is 21.0. The lowest BCUT2D eigenvalue weighted by Gasteiger charge is -2.33. The number of thiophene rings is 1. The van der Waals surface area contributed by atoms with Gasteiger partial charge in [0, 0.05) is 31.1 Å². The van der Waals surface area contributed by atoms with Gasteiger partial charge < -0.3 is 10.0 Å². The van der Waals surface area contributed by atoms with Crippen LogP contribution in [0.25, 0.3) is 0 Å². The van der Waals surface area contributed by atoms with Crippen molar-refractivity contribution in [3.63, 3.8) is 0 Å². The van der Waals surface area contributed by atoms with Crippen molar-refractivity contribution in [2.75, 3.05) is 24.5 Å². The topological polar surface area (TPSA) is 86.6 Å². The highest BCUT2D eigenvalue weighted by Crippen LogP contribution is 2.34. The van der Waals surface area contributed by atoms with Crippen molar-refractivity contribution < 1.29 is 27.9 Å². The smallest absolute Gasteiger partial charge is 0.475 e. The van der Waals surface area contributed by atoms with Gasteiger partial charge >= 0.3 is 12.1 Å². The number of hydrogen-bond acceptors (Lipinski definition) is 6. The summed E-state index contributed by atoms with van der Waals surface area (Å²) in [5, 5.41) is 9.24. The van der Waals surface area contributed by atoms with Crippen LogP contribution in [0.2, 0.25) is 0 Å². The van der Waals surface area contributed by atoms with Gasteiger partial charge in [0.2, 0.25) is 5.91 Å². The summed E-state index contributed by atoms with van der Waals surface area (Å²) in [5.74, 6) is -1.91. The number of likely N-dealkylation sites (tertiary alicyclic amines) is 1. The SMILES string of the molecule is O=C(O)C(F)(F)F.O=C1[C@H]2CN(Cc3cccs3)C[C@@H]2CCN1c1cncnc1. The van der Waals surface area contributed by atoms with Gasteiger partial charge in [-0.3, -0.25) is 9.69 Å². The van der Waals surface area contributed by atoms with Crippen molar-refractivity contribution in [2.45, 2.75) is 19.1 Å². The van der Waals surface area contributed by atoms with Gasteiger partial charge in [-0.2, -0.15) is 13.2 Å². The fraction of sp³-hybridized carbons (Fsp3) is 0.444. The van der Waals surface area contributed by atoms with Crippen LogP contribution in [0.4, 0.5) is 18.9 Å². The molecule has 0 aromatic carbocycles. The number of hydrogen-bond donors (Lipinski definition) is 1. The third kappa shape index (κ3) is 5.30. The number of fused-ring (bicyclic) bond motifs is 1. The summed E-state index contributed by atoms with van der Waals surface area (Å²) >= 11 is 1.79. The second kappa shape index (κ2) is 8.87. The van der Waals surface area contributed by atoms with Crippen LogP contribution < -0.4 is 4.90 Å². The van der Waals surface area contributed by atoms with E-state index in [0.717, 1.165) is 38.3 Å². The monoisotopic (exact) mass is 428 g/mol. The molecule has 11 heteroatoms. The fourth-order valence-electron chi connectivity index (χ4n) is 3.58. The van der Waals surface area contributed by atoms with Gasteiger partial charge in [0.1, 0.15) is 6.33 Å². The number of carboxylic acids is 1. The first-order valence-corrected chi connectivity index (χ1v) is 9.75. The number of carbonyl (C=O) groups is 2. The summed E-state index contributed by atoms with van der Waals surface area (Å²) in [6.07, 6.45) is 0.929. The Morgan fingerprint density at radius 1 is 1.28 bits per heavy atom. The molecule has 2 saturated heterocycles. The minimum absolute atomic E-state index is 0.119. The molecule has 0 spiro atoms. The predicted octanol–water partition coefficient (Wildman–Crippen LogP) is 2.66. The molecule has 2 atom stereocenters. The number of aliphatic carboxylic acids is 1. The van der Waals surface area contributed by atoms with Crippen LogP contribution >= 0.6 is 11.3 Å². The van der Waals surface area contributed by atoms with Gasteiger partial charge in [-0.1, -0.05) is 6.07 Å². The average molecular weight is 428 g/mol. The number of carboxylic acid groups (broad SMARTS) is 1. The van der Waals surface area contributed by atoms with E-state index in [1.807, 2.05) is 4.90 Å². The van der Waals surface area contributed by atoms with E-state index in [-0.39, 0.29) is 11.8 Å². The molecule has 1 N–H and O–H groups in total. The number of amides is 1. The zero-order valence-corrected chi connectivity index (χ0v) is 16.1. The molecule has 0 unspecified atom stereocenters. The Kier molecular flexibility index (Phi) is 6.48. The Bertz CT molecular complexity index is 833. The van der Waals surface area contributed by atoms with Crippen molar-refractivity contribution in [2.24, 2.45) is 11.8 Å². The molecule has 29 heavy (non-hydrogen) atoms. The predicted molar refractivity (Wildman–Crippen MR) is 99.3 cm³/mol. The van der Waals surface area contributed by atoms with Gasteiger partial charge in [0.25, 0.3) is 0 Å². The van der Waals surface area contributed by atoms with Gasteiger partial charge in [-0.25, -0.2) is 14.8 Å². The maximum atomic E-state index is 12.8. The maximum Gasteiger partial charge on any atom is 0.490 e. The van der Waals surface area contributed by atoms with Crippen LogP contribution in [0.15, 0.2) is 36.2 Å². The van der Waals surface area contributed by atoms with Crippen LogP contribution in [0.3, 0.4) is 0 Å². The van der Waals surface area contributed by atoms with Crippen LogP contribution in [0, 0.1) is 11.8 Å². The normalized spacial score (nSPS) is 22.0. The van der Waals surface area contributed by atoms with Crippen molar-refractivity contribution in [3.8, 4) is 0 Å². The largest absolute Gasteiger partial charge is 0.490 e. The molecule has 0 radical (unpaired) electrons. The molecule has 2 aromatic rings. The van der Waals surface area contributed by atoms with Crippen molar-refractivity contribution in [3.05, 3.63) is 41.1 Å². The summed E-state index contributed by atoms with van der Waals surface area (Å²) in [4.78, 5) is 35.4. The first-order valence-electron chi connectivity index (χ1n) is 8.87. The molecule has 0 saturated carbocycles. The van der Waals surface area contributed by atoms with E-state index in [9.17, 15) is 18.0 Å². The number of aromatic nitrogens is 2. The average Bonchev–Trinajstić information content (AvgIpc) is 3.33. The van der Waals surface area contributed by atoms with Crippen molar-refractivity contribution >= 4 is 28.9 Å². The fourth-order valence-corrected chi connectivity index (χ4v) is 4.32. The van der Waals surface area contributed by atoms with Gasteiger partial charge in [-0.15, -0.1) is 11.3 Å². The van der Waals surface area contributed by atoms with E-state index in [4.69, 9.17) is 9.90 Å². The second-order valence-electron chi connectivity index (χ2n) is 6.82. The lowest BCUT2D eigenvalue weighted by atomic mass is 9.88. The van der Waals surface area contributed by atoms with Gasteiger partial charge in [0.15, 0.2) is 0 Å². The van der Waals surface area contributed by atoms with Crippen LogP contribution in [-0.2, 0) is 16.1 Å². The number of carbonyl (C=O) groups excluding carboxylic acids is 1. The summed E-state index contributed by atoms with van der Waals surface area (Å²) < 4.78 is 31.7. The summed E-state index contributed by atoms with van der Waals surface area (Å²) in [6.45, 7) is 3.64. The number of halogens is 3. The van der Waals surface area contributed by atoms with E-state index in [1.165, 1.54) is 11.2 Å². The minimum Gasteiger partial charge on any atom is -0.475 e. The van der Waals surface area contributed by atoms with E-state index < -0.39 is 12.1 Å². The highest BCUT2D eigenvalue weighted by Gasteiger charge is 2.43. The molecule has 0 aliphatic carbocycles. The number of anilines is 1. The minimum atomic E-state index is -5.08. The third-order valence-electron chi connectivity index (χ3n) is 4.88. The number of alkyl halides is 3. The highest BCUT2D eigenvalue weighted by molar-refractivity contribution is 7.09. The van der Waals surface area contributed by atoms with E-state index in [0.29, 0.717) is 5.92 Å². The third-order valence-corrected chi connectivity index (χ3v) is 5.75. The number of piperidine rings is 1. The molecule has 2 aromatic heterocycles. The standard InChI is InChI=1S/C16H18N4OS.C2HF3O2/c21-16-15-10-19(9-14-2-1-5-22-14)8-12(15)3-4-20(16)13-6-17-11-18-7-13;3-2(4,5)1(6)7/h1-2,5-7,11-12,15H,3-4,8-10H2;(H,6,7)/t12-,15-;/m0./s1. The quantitative estimate of drug-likeness (QED) is 0.809. The van der Waals surface area contributed by atoms with E-state index in [1.54, 1.807) is 23.7 Å². The second-order valence-corrected chi connectivity index (χ2v) is 7.85. The van der Waals surface area contributed by atoms with Gasteiger partial charge in [0.05, 0.1) is 24.0 Å². The van der Waals surface area contributed by atoms with Crippen LogP contribution in [0.1, 0.15) is 11.3 Å². The Labute approximate surface area is 168 Å². The van der Waals surface area contributed by atoms with Crippen molar-refractivity contribution in [1.82, 2.24) is 14.9 Å². The molecule has 1 amide bonds. The van der Waals surface area contributed by atoms with Crippen LogP contribution in [0.5, 0.6) is 0 Å². The summed E-state index contributed by atoms with van der Waals surface area (Å²) in [7, 11) is 0. The molecule has 4 heterocycles. The van der Waals surface area contributed by atoms with E-state index in [2.05, 4.69) is 32.4 Å². The molecule has 7 nitrogen and oxygen atoms in total. The molecule has 156 valence electrons. The summed E-state index contributed by atoms with van der Waals surface area (Å²) in [5.41, 5.74) is 0.822. The first-order chi connectivity index (χ1) is 13.8.